The average molecular weight is 369 g/mol. The van der Waals surface area contributed by atoms with Gasteiger partial charge in [0.15, 0.2) is 0 Å². The lowest BCUT2D eigenvalue weighted by molar-refractivity contribution is 0.295. The van der Waals surface area contributed by atoms with Crippen LogP contribution in [0.25, 0.3) is 22.2 Å². The van der Waals surface area contributed by atoms with E-state index in [-0.39, 0.29) is 0 Å². The van der Waals surface area contributed by atoms with Gasteiger partial charge in [-0.2, -0.15) is 0 Å². The molecule has 2 aromatic heterocycles. The van der Waals surface area contributed by atoms with Gasteiger partial charge in [-0.15, -0.1) is 10.2 Å². The molecule has 0 fully saturated rings. The van der Waals surface area contributed by atoms with Crippen molar-refractivity contribution in [2.24, 2.45) is 0 Å². The molecular formula is C23H23N5. The molecule has 0 amide bonds. The number of hydrogen-bond acceptors (Lipinski definition) is 4. The molecule has 0 bridgehead atoms. The van der Waals surface area contributed by atoms with E-state index in [1.54, 1.807) is 0 Å². The molecule has 0 saturated heterocycles. The minimum Gasteiger partial charge on any atom is -0.372 e. The van der Waals surface area contributed by atoms with E-state index < -0.39 is 0 Å². The lowest BCUT2D eigenvalue weighted by Crippen LogP contribution is -2.31. The molecule has 0 radical (unpaired) electrons. The molecular weight excluding hydrogens is 346 g/mol. The van der Waals surface area contributed by atoms with E-state index in [0.29, 0.717) is 5.92 Å². The molecule has 3 heterocycles. The minimum absolute atomic E-state index is 0.369. The van der Waals surface area contributed by atoms with Crippen LogP contribution >= 0.6 is 0 Å². The number of anilines is 1. The van der Waals surface area contributed by atoms with E-state index in [4.69, 9.17) is 0 Å². The summed E-state index contributed by atoms with van der Waals surface area (Å²) in [4.78, 5) is 5.73. The van der Waals surface area contributed by atoms with Crippen LogP contribution in [-0.4, -0.2) is 40.7 Å². The summed E-state index contributed by atoms with van der Waals surface area (Å²) in [5.74, 6) is 1.15. The van der Waals surface area contributed by atoms with Crippen molar-refractivity contribution in [3.63, 3.8) is 0 Å². The number of nitrogens with one attached hydrogen (secondary N) is 2. The Hall–Kier alpha value is -3.18. The Kier molecular flexibility index (Phi) is 4.10. The van der Waals surface area contributed by atoms with Crippen molar-refractivity contribution in [2.45, 2.75) is 12.5 Å². The van der Waals surface area contributed by atoms with Crippen LogP contribution in [0.3, 0.4) is 0 Å². The molecule has 0 saturated carbocycles. The van der Waals surface area contributed by atoms with E-state index in [1.807, 2.05) is 25.4 Å². The van der Waals surface area contributed by atoms with Crippen molar-refractivity contribution in [3.05, 3.63) is 77.5 Å². The molecule has 5 nitrogen and oxygen atoms in total. The standard InChI is InChI=1S/C23H23N5/c1-24-23-8-7-21(26-27-23)17-5-6-19-18(11-17)13-28(2)14-20(19)16-4-3-15-9-10-25-22(15)12-16/h3-12,20,25H,13-14H2,1-2H3,(H,24,27). The third kappa shape index (κ3) is 2.94. The van der Waals surface area contributed by atoms with Crippen LogP contribution in [0.5, 0.6) is 0 Å². The minimum atomic E-state index is 0.369. The summed E-state index contributed by atoms with van der Waals surface area (Å²) in [6.45, 7) is 1.97. The maximum atomic E-state index is 4.36. The predicted molar refractivity (Wildman–Crippen MR) is 113 cm³/mol. The molecule has 1 atom stereocenters. The SMILES string of the molecule is CNc1ccc(-c2ccc3c(c2)CN(C)CC3c2ccc3cc[nH]c3c2)nn1. The Labute approximate surface area is 164 Å². The van der Waals surface area contributed by atoms with Gasteiger partial charge in [0.25, 0.3) is 0 Å². The van der Waals surface area contributed by atoms with Crippen LogP contribution in [0.4, 0.5) is 5.82 Å². The molecule has 1 aliphatic heterocycles. The third-order valence-electron chi connectivity index (χ3n) is 5.65. The lowest BCUT2D eigenvalue weighted by atomic mass is 9.83. The zero-order valence-corrected chi connectivity index (χ0v) is 16.1. The summed E-state index contributed by atoms with van der Waals surface area (Å²) < 4.78 is 0. The average Bonchev–Trinajstić information content (AvgIpc) is 3.20. The summed E-state index contributed by atoms with van der Waals surface area (Å²) in [6.07, 6.45) is 2.00. The van der Waals surface area contributed by atoms with Crippen molar-refractivity contribution in [3.8, 4) is 11.3 Å². The molecule has 2 aromatic carbocycles. The molecule has 140 valence electrons. The Morgan fingerprint density at radius 3 is 2.79 bits per heavy atom. The molecule has 0 spiro atoms. The second-order valence-electron chi connectivity index (χ2n) is 7.54. The van der Waals surface area contributed by atoms with Gasteiger partial charge in [0, 0.05) is 43.3 Å². The number of aromatic amines is 1. The van der Waals surface area contributed by atoms with Crippen LogP contribution in [0.15, 0.2) is 60.8 Å². The van der Waals surface area contributed by atoms with Gasteiger partial charge in [-0.25, -0.2) is 0 Å². The van der Waals surface area contributed by atoms with Gasteiger partial charge in [-0.1, -0.05) is 24.3 Å². The van der Waals surface area contributed by atoms with Gasteiger partial charge in [0.2, 0.25) is 0 Å². The fourth-order valence-corrected chi connectivity index (χ4v) is 4.19. The fourth-order valence-electron chi connectivity index (χ4n) is 4.19. The first kappa shape index (κ1) is 17.0. The highest BCUT2D eigenvalue weighted by atomic mass is 15.2. The Morgan fingerprint density at radius 1 is 1.04 bits per heavy atom. The summed E-state index contributed by atoms with van der Waals surface area (Å²) in [6, 6.07) is 19.6. The quantitative estimate of drug-likeness (QED) is 0.567. The molecule has 0 aliphatic carbocycles. The first-order chi connectivity index (χ1) is 13.7. The largest absolute Gasteiger partial charge is 0.372 e. The highest BCUT2D eigenvalue weighted by Crippen LogP contribution is 2.36. The van der Waals surface area contributed by atoms with E-state index in [9.17, 15) is 0 Å². The third-order valence-corrected chi connectivity index (χ3v) is 5.65. The van der Waals surface area contributed by atoms with Crippen molar-refractivity contribution >= 4 is 16.7 Å². The zero-order chi connectivity index (χ0) is 19.1. The normalized spacial score (nSPS) is 16.9. The van der Waals surface area contributed by atoms with Gasteiger partial charge in [-0.05, 0) is 59.5 Å². The predicted octanol–water partition coefficient (Wildman–Crippen LogP) is 4.24. The second kappa shape index (κ2) is 6.77. The summed E-state index contributed by atoms with van der Waals surface area (Å²) in [5.41, 5.74) is 7.34. The van der Waals surface area contributed by atoms with Crippen LogP contribution < -0.4 is 5.32 Å². The lowest BCUT2D eigenvalue weighted by Gasteiger charge is -2.33. The number of H-pyrrole nitrogens is 1. The summed E-state index contributed by atoms with van der Waals surface area (Å²) >= 11 is 0. The zero-order valence-electron chi connectivity index (χ0n) is 16.1. The van der Waals surface area contributed by atoms with Crippen LogP contribution in [0.1, 0.15) is 22.6 Å². The van der Waals surface area contributed by atoms with E-state index >= 15 is 0 Å². The topological polar surface area (TPSA) is 56.8 Å². The number of rotatable bonds is 3. The monoisotopic (exact) mass is 369 g/mol. The first-order valence-electron chi connectivity index (χ1n) is 9.61. The van der Waals surface area contributed by atoms with Crippen molar-refractivity contribution in [1.82, 2.24) is 20.1 Å². The van der Waals surface area contributed by atoms with E-state index in [1.165, 1.54) is 27.6 Å². The second-order valence-corrected chi connectivity index (χ2v) is 7.54. The molecule has 5 rings (SSSR count). The maximum absolute atomic E-state index is 4.36. The van der Waals surface area contributed by atoms with Gasteiger partial charge < -0.3 is 15.2 Å². The van der Waals surface area contributed by atoms with Crippen LogP contribution in [0.2, 0.25) is 0 Å². The van der Waals surface area contributed by atoms with Crippen molar-refractivity contribution < 1.29 is 0 Å². The maximum Gasteiger partial charge on any atom is 0.148 e. The van der Waals surface area contributed by atoms with Gasteiger partial charge in [0.05, 0.1) is 5.69 Å². The van der Waals surface area contributed by atoms with Gasteiger partial charge >= 0.3 is 0 Å². The van der Waals surface area contributed by atoms with Crippen LogP contribution in [-0.2, 0) is 6.54 Å². The summed E-state index contributed by atoms with van der Waals surface area (Å²) in [7, 11) is 4.04. The van der Waals surface area contributed by atoms with Crippen molar-refractivity contribution in [1.29, 1.82) is 0 Å². The van der Waals surface area contributed by atoms with Crippen LogP contribution in [0, 0.1) is 0 Å². The summed E-state index contributed by atoms with van der Waals surface area (Å²) in [5, 5.41) is 12.8. The number of hydrogen-bond donors (Lipinski definition) is 2. The van der Waals surface area contributed by atoms with E-state index in [0.717, 1.165) is 30.2 Å². The Bertz CT molecular complexity index is 1130. The molecule has 4 aromatic rings. The highest BCUT2D eigenvalue weighted by Gasteiger charge is 2.25. The first-order valence-corrected chi connectivity index (χ1v) is 9.61. The van der Waals surface area contributed by atoms with E-state index in [2.05, 4.69) is 74.9 Å². The number of nitrogens with zero attached hydrogens (tertiary/aromatic N) is 3. The van der Waals surface area contributed by atoms with Gasteiger partial charge in [-0.3, -0.25) is 0 Å². The molecule has 28 heavy (non-hydrogen) atoms. The smallest absolute Gasteiger partial charge is 0.148 e. The Morgan fingerprint density at radius 2 is 1.96 bits per heavy atom. The fraction of sp³-hybridized carbons (Fsp3) is 0.217. The molecule has 2 N–H and O–H groups in total. The highest BCUT2D eigenvalue weighted by molar-refractivity contribution is 5.80. The van der Waals surface area contributed by atoms with Crippen molar-refractivity contribution in [2.75, 3.05) is 26.0 Å². The Balaban J connectivity index is 1.54. The number of benzene rings is 2. The molecule has 1 aliphatic rings. The van der Waals surface area contributed by atoms with Gasteiger partial charge in [0.1, 0.15) is 5.82 Å². The molecule has 5 heteroatoms. The molecule has 1 unspecified atom stereocenters. The number of aromatic nitrogens is 3. The number of likely N-dealkylation sites (N-methyl/N-ethyl adjacent to an activating group) is 1. The number of fused-ring (bicyclic) bond motifs is 2.